The second-order valence-corrected chi connectivity index (χ2v) is 13.0. The lowest BCUT2D eigenvalue weighted by atomic mass is 10.2. The predicted octanol–water partition coefficient (Wildman–Crippen LogP) is 4.24. The molecule has 2 amide bonds. The molecular weight excluding hydrogens is 460 g/mol. The second-order valence-electron chi connectivity index (χ2n) is 10.4. The zero-order chi connectivity index (χ0) is 25.6. The normalized spacial score (nSPS) is 21.2. The Bertz CT molecular complexity index is 944. The van der Waals surface area contributed by atoms with Crippen LogP contribution >= 0.6 is 0 Å². The third-order valence-corrected chi connectivity index (χ3v) is 6.73. The summed E-state index contributed by atoms with van der Waals surface area (Å²) in [5.74, 6) is 0. The van der Waals surface area contributed by atoms with Crippen LogP contribution in [-0.2, 0) is 35.3 Å². The molecule has 1 aromatic rings. The van der Waals surface area contributed by atoms with Crippen molar-refractivity contribution in [1.29, 1.82) is 0 Å². The van der Waals surface area contributed by atoms with Gasteiger partial charge in [-0.1, -0.05) is 30.3 Å². The maximum Gasteiger partial charge on any atom is 0.442 e. The fourth-order valence-electron chi connectivity index (χ4n) is 3.14. The Morgan fingerprint density at radius 1 is 1.06 bits per heavy atom. The second kappa shape index (κ2) is 11.5. The van der Waals surface area contributed by atoms with Gasteiger partial charge in [0, 0.05) is 12.8 Å². The average molecular weight is 499 g/mol. The summed E-state index contributed by atoms with van der Waals surface area (Å²) in [5.41, 5.74) is -0.446. The fraction of sp³-hybridized carbons (Fsp3) is 0.667. The molecule has 1 heterocycles. The SMILES string of the molecule is CC(C)(C)OC(=O)N=S(C)(=O)C1CO[C@H](COCc2ccccc2)CN(C(=O)OC(C)(C)C)C1. The zero-order valence-electron chi connectivity index (χ0n) is 21.2. The van der Waals surface area contributed by atoms with Gasteiger partial charge in [0.25, 0.3) is 0 Å². The van der Waals surface area contributed by atoms with Crippen LogP contribution in [0.4, 0.5) is 9.59 Å². The molecule has 1 fully saturated rings. The number of nitrogens with zero attached hydrogens (tertiary/aromatic N) is 2. The number of carbonyl (C=O) groups is 2. The lowest BCUT2D eigenvalue weighted by Gasteiger charge is -2.29. The highest BCUT2D eigenvalue weighted by molar-refractivity contribution is 7.93. The molecule has 192 valence electrons. The monoisotopic (exact) mass is 498 g/mol. The van der Waals surface area contributed by atoms with Crippen LogP contribution in [0.15, 0.2) is 34.7 Å². The van der Waals surface area contributed by atoms with Crippen LogP contribution in [0.2, 0.25) is 0 Å². The summed E-state index contributed by atoms with van der Waals surface area (Å²) in [6.07, 6.45) is -0.540. The molecule has 0 aliphatic carbocycles. The van der Waals surface area contributed by atoms with Crippen molar-refractivity contribution < 1.29 is 32.7 Å². The Hall–Kier alpha value is -2.17. The summed E-state index contributed by atoms with van der Waals surface area (Å²) in [7, 11) is -3.09. The molecule has 0 aromatic heterocycles. The van der Waals surface area contributed by atoms with Gasteiger partial charge in [0.2, 0.25) is 0 Å². The van der Waals surface area contributed by atoms with Gasteiger partial charge in [-0.2, -0.15) is 0 Å². The number of ether oxygens (including phenoxy) is 4. The molecular formula is C24H38N2O7S. The first kappa shape index (κ1) is 28.1. The molecule has 1 aliphatic rings. The standard InChI is InChI=1S/C24H38N2O7S/c1-23(2,3)32-21(27)25-34(7,29)20-14-26(22(28)33-24(4,5)6)13-19(31-17-20)16-30-15-18-11-9-8-10-12-18/h8-12,19-20H,13-17H2,1-7H3/t19-,20?,34?/m0/s1. The van der Waals surface area contributed by atoms with Gasteiger partial charge in [-0.3, -0.25) is 0 Å². The fourth-order valence-corrected chi connectivity index (χ4v) is 4.41. The molecule has 0 bridgehead atoms. The van der Waals surface area contributed by atoms with E-state index in [0.29, 0.717) is 6.61 Å². The van der Waals surface area contributed by atoms with Crippen LogP contribution in [0.1, 0.15) is 47.1 Å². The summed E-state index contributed by atoms with van der Waals surface area (Å²) >= 11 is 0. The number of amides is 2. The molecule has 1 aromatic carbocycles. The molecule has 0 N–H and O–H groups in total. The van der Waals surface area contributed by atoms with E-state index in [2.05, 4.69) is 4.36 Å². The van der Waals surface area contributed by atoms with Crippen molar-refractivity contribution in [2.45, 2.75) is 70.7 Å². The van der Waals surface area contributed by atoms with E-state index in [9.17, 15) is 13.8 Å². The number of hydrogen-bond acceptors (Lipinski definition) is 7. The molecule has 34 heavy (non-hydrogen) atoms. The summed E-state index contributed by atoms with van der Waals surface area (Å²) in [4.78, 5) is 26.5. The lowest BCUT2D eigenvalue weighted by Crippen LogP contribution is -2.44. The van der Waals surface area contributed by atoms with Crippen molar-refractivity contribution in [1.82, 2.24) is 4.90 Å². The van der Waals surface area contributed by atoms with Gasteiger partial charge in [0.1, 0.15) is 11.2 Å². The average Bonchev–Trinajstić information content (AvgIpc) is 2.89. The van der Waals surface area contributed by atoms with E-state index in [0.717, 1.165) is 5.56 Å². The maximum atomic E-state index is 13.4. The van der Waals surface area contributed by atoms with Gasteiger partial charge in [0.15, 0.2) is 0 Å². The molecule has 0 radical (unpaired) electrons. The van der Waals surface area contributed by atoms with Crippen LogP contribution in [0, 0.1) is 0 Å². The third kappa shape index (κ3) is 9.99. The van der Waals surface area contributed by atoms with E-state index in [1.165, 1.54) is 11.2 Å². The lowest BCUT2D eigenvalue weighted by molar-refractivity contribution is -0.0257. The van der Waals surface area contributed by atoms with Crippen molar-refractivity contribution >= 4 is 21.9 Å². The number of carbonyl (C=O) groups excluding carboxylic acids is 2. The Labute approximate surface area is 203 Å². The van der Waals surface area contributed by atoms with E-state index < -0.39 is 44.5 Å². The summed E-state index contributed by atoms with van der Waals surface area (Å²) < 4.78 is 39.7. The van der Waals surface area contributed by atoms with Crippen LogP contribution in [0.25, 0.3) is 0 Å². The van der Waals surface area contributed by atoms with E-state index in [4.69, 9.17) is 18.9 Å². The molecule has 1 aliphatic heterocycles. The smallest absolute Gasteiger partial charge is 0.442 e. The number of hydrogen-bond donors (Lipinski definition) is 0. The number of rotatable bonds is 5. The minimum Gasteiger partial charge on any atom is -0.444 e. The highest BCUT2D eigenvalue weighted by atomic mass is 32.2. The highest BCUT2D eigenvalue weighted by Crippen LogP contribution is 2.19. The van der Waals surface area contributed by atoms with E-state index in [1.807, 2.05) is 30.3 Å². The third-order valence-electron chi connectivity index (χ3n) is 4.70. The Kier molecular flexibility index (Phi) is 9.50. The minimum absolute atomic E-state index is 0.0420. The molecule has 1 saturated heterocycles. The first-order valence-electron chi connectivity index (χ1n) is 11.3. The van der Waals surface area contributed by atoms with Gasteiger partial charge in [-0.25, -0.2) is 13.8 Å². The van der Waals surface area contributed by atoms with Crippen LogP contribution in [0.5, 0.6) is 0 Å². The van der Waals surface area contributed by atoms with Gasteiger partial charge < -0.3 is 23.8 Å². The molecule has 10 heteroatoms. The van der Waals surface area contributed by atoms with E-state index in [-0.39, 0.29) is 26.3 Å². The molecule has 2 rings (SSSR count). The Morgan fingerprint density at radius 2 is 1.68 bits per heavy atom. The van der Waals surface area contributed by atoms with Crippen LogP contribution in [-0.4, -0.2) is 76.4 Å². The molecule has 0 spiro atoms. The Balaban J connectivity index is 2.17. The van der Waals surface area contributed by atoms with Crippen molar-refractivity contribution in [2.75, 3.05) is 32.6 Å². The quantitative estimate of drug-likeness (QED) is 0.598. The maximum absolute atomic E-state index is 13.4. The van der Waals surface area contributed by atoms with Crippen LogP contribution in [0.3, 0.4) is 0 Å². The molecule has 3 atom stereocenters. The molecule has 0 saturated carbocycles. The van der Waals surface area contributed by atoms with Crippen molar-refractivity contribution in [3.63, 3.8) is 0 Å². The van der Waals surface area contributed by atoms with Crippen molar-refractivity contribution in [3.05, 3.63) is 35.9 Å². The van der Waals surface area contributed by atoms with E-state index >= 15 is 0 Å². The first-order chi connectivity index (χ1) is 15.6. The van der Waals surface area contributed by atoms with Crippen LogP contribution < -0.4 is 0 Å². The summed E-state index contributed by atoms with van der Waals surface area (Å²) in [6, 6.07) is 9.72. The zero-order valence-corrected chi connectivity index (χ0v) is 22.1. The van der Waals surface area contributed by atoms with Gasteiger partial charge >= 0.3 is 12.2 Å². The van der Waals surface area contributed by atoms with Crippen molar-refractivity contribution in [3.8, 4) is 0 Å². The van der Waals surface area contributed by atoms with Crippen molar-refractivity contribution in [2.24, 2.45) is 4.36 Å². The highest BCUT2D eigenvalue weighted by Gasteiger charge is 2.35. The Morgan fingerprint density at radius 3 is 2.26 bits per heavy atom. The molecule has 9 nitrogen and oxygen atoms in total. The minimum atomic E-state index is -3.09. The van der Waals surface area contributed by atoms with Gasteiger partial charge in [-0.15, -0.1) is 4.36 Å². The molecule has 2 unspecified atom stereocenters. The van der Waals surface area contributed by atoms with Gasteiger partial charge in [0.05, 0.1) is 47.4 Å². The summed E-state index contributed by atoms with van der Waals surface area (Å²) in [6.45, 7) is 11.4. The first-order valence-corrected chi connectivity index (χ1v) is 13.3. The largest absolute Gasteiger partial charge is 0.444 e. The van der Waals surface area contributed by atoms with E-state index in [1.54, 1.807) is 41.5 Å². The summed E-state index contributed by atoms with van der Waals surface area (Å²) in [5, 5.41) is -0.716. The topological polar surface area (TPSA) is 104 Å². The van der Waals surface area contributed by atoms with Gasteiger partial charge in [-0.05, 0) is 47.1 Å². The predicted molar refractivity (Wildman–Crippen MR) is 130 cm³/mol. The number of benzene rings is 1.